The minimum Gasteiger partial charge on any atom is -0.354 e. The molecule has 0 spiro atoms. The third-order valence-corrected chi connectivity index (χ3v) is 4.26. The maximum absolute atomic E-state index is 12.5. The van der Waals surface area contributed by atoms with E-state index in [4.69, 9.17) is 0 Å². The lowest BCUT2D eigenvalue weighted by Gasteiger charge is -2.08. The summed E-state index contributed by atoms with van der Waals surface area (Å²) in [7, 11) is 1.54. The van der Waals surface area contributed by atoms with Crippen LogP contribution in [0.3, 0.4) is 0 Å². The van der Waals surface area contributed by atoms with Crippen LogP contribution < -0.4 is 10.6 Å². The van der Waals surface area contributed by atoms with Crippen LogP contribution in [-0.4, -0.2) is 44.7 Å². The van der Waals surface area contributed by atoms with Crippen molar-refractivity contribution in [1.29, 1.82) is 0 Å². The zero-order chi connectivity index (χ0) is 17.4. The van der Waals surface area contributed by atoms with E-state index in [1.54, 1.807) is 10.9 Å². The van der Waals surface area contributed by atoms with E-state index in [1.165, 1.54) is 13.1 Å². The van der Waals surface area contributed by atoms with Gasteiger partial charge >= 0.3 is 0 Å². The number of aromatic amines is 1. The molecule has 8 nitrogen and oxygen atoms in total. The molecule has 0 aromatic carbocycles. The standard InChI is InChI=1S/C17H18N6O2/c1-18-16(24)13-8-14(17(25)21-11-2-3-11)23(22-13)9-10-4-6-19-15-12(10)5-7-20-15/h4-8,11H,2-3,9H2,1H3,(H,18,24)(H,19,20)(H,21,25). The Morgan fingerprint density at radius 3 is 2.92 bits per heavy atom. The molecule has 2 amide bonds. The third kappa shape index (κ3) is 2.98. The molecule has 0 radical (unpaired) electrons. The van der Waals surface area contributed by atoms with Crippen molar-refractivity contribution >= 4 is 22.8 Å². The first-order valence-corrected chi connectivity index (χ1v) is 8.17. The summed E-state index contributed by atoms with van der Waals surface area (Å²) in [6, 6.07) is 5.59. The minimum atomic E-state index is -0.319. The summed E-state index contributed by atoms with van der Waals surface area (Å²) >= 11 is 0. The normalized spacial score (nSPS) is 13.8. The number of H-pyrrole nitrogens is 1. The van der Waals surface area contributed by atoms with Gasteiger partial charge in [0, 0.05) is 36.9 Å². The summed E-state index contributed by atoms with van der Waals surface area (Å²) in [5.74, 6) is -0.523. The van der Waals surface area contributed by atoms with Gasteiger partial charge in [-0.05, 0) is 30.5 Å². The van der Waals surface area contributed by atoms with Gasteiger partial charge in [0.15, 0.2) is 5.69 Å². The van der Waals surface area contributed by atoms with Crippen molar-refractivity contribution in [2.45, 2.75) is 25.4 Å². The number of nitrogens with one attached hydrogen (secondary N) is 3. The molecule has 128 valence electrons. The highest BCUT2D eigenvalue weighted by atomic mass is 16.2. The second-order valence-electron chi connectivity index (χ2n) is 6.11. The number of fused-ring (bicyclic) bond motifs is 1. The summed E-state index contributed by atoms with van der Waals surface area (Å²) in [6.45, 7) is 0.376. The number of carbonyl (C=O) groups is 2. The van der Waals surface area contributed by atoms with Crippen molar-refractivity contribution in [1.82, 2.24) is 30.4 Å². The van der Waals surface area contributed by atoms with Gasteiger partial charge in [-0.2, -0.15) is 5.10 Å². The summed E-state index contributed by atoms with van der Waals surface area (Å²) in [5, 5.41) is 10.8. The first-order chi connectivity index (χ1) is 12.2. The van der Waals surface area contributed by atoms with Crippen molar-refractivity contribution in [2.75, 3.05) is 7.05 Å². The van der Waals surface area contributed by atoms with Gasteiger partial charge in [0.25, 0.3) is 11.8 Å². The zero-order valence-corrected chi connectivity index (χ0v) is 13.7. The molecule has 1 fully saturated rings. The predicted octanol–water partition coefficient (Wildman–Crippen LogP) is 1.06. The van der Waals surface area contributed by atoms with Crippen LogP contribution >= 0.6 is 0 Å². The Bertz CT molecular complexity index is 953. The fourth-order valence-corrected chi connectivity index (χ4v) is 2.76. The van der Waals surface area contributed by atoms with Crippen molar-refractivity contribution in [3.05, 3.63) is 47.5 Å². The number of amides is 2. The zero-order valence-electron chi connectivity index (χ0n) is 13.7. The molecule has 4 rings (SSSR count). The molecule has 1 aliphatic rings. The summed E-state index contributed by atoms with van der Waals surface area (Å²) in [5.41, 5.74) is 2.35. The van der Waals surface area contributed by atoms with Crippen molar-refractivity contribution in [3.8, 4) is 0 Å². The van der Waals surface area contributed by atoms with E-state index >= 15 is 0 Å². The second-order valence-corrected chi connectivity index (χ2v) is 6.11. The molecule has 0 saturated heterocycles. The van der Waals surface area contributed by atoms with Crippen LogP contribution in [0.25, 0.3) is 11.0 Å². The van der Waals surface area contributed by atoms with E-state index in [1.807, 2.05) is 18.3 Å². The predicted molar refractivity (Wildman–Crippen MR) is 91.3 cm³/mol. The fraction of sp³-hybridized carbons (Fsp3) is 0.294. The van der Waals surface area contributed by atoms with Gasteiger partial charge in [-0.15, -0.1) is 0 Å². The molecule has 1 saturated carbocycles. The Hall–Kier alpha value is -3.16. The van der Waals surface area contributed by atoms with E-state index in [9.17, 15) is 9.59 Å². The van der Waals surface area contributed by atoms with E-state index in [0.29, 0.717) is 12.2 Å². The van der Waals surface area contributed by atoms with Gasteiger partial charge in [0.05, 0.1) is 6.54 Å². The Morgan fingerprint density at radius 2 is 2.16 bits per heavy atom. The molecule has 0 unspecified atom stereocenters. The summed E-state index contributed by atoms with van der Waals surface area (Å²) < 4.78 is 1.57. The van der Waals surface area contributed by atoms with Crippen molar-refractivity contribution in [2.24, 2.45) is 0 Å². The Kier molecular flexibility index (Phi) is 3.72. The Labute approximate surface area is 143 Å². The molecule has 0 atom stereocenters. The number of hydrogen-bond donors (Lipinski definition) is 3. The van der Waals surface area contributed by atoms with Crippen LogP contribution in [0.15, 0.2) is 30.6 Å². The molecule has 8 heteroatoms. The van der Waals surface area contributed by atoms with Gasteiger partial charge in [0.2, 0.25) is 0 Å². The molecular weight excluding hydrogens is 320 g/mol. The number of hydrogen-bond acceptors (Lipinski definition) is 4. The van der Waals surface area contributed by atoms with E-state index < -0.39 is 0 Å². The van der Waals surface area contributed by atoms with Crippen LogP contribution in [-0.2, 0) is 6.54 Å². The highest BCUT2D eigenvalue weighted by molar-refractivity contribution is 5.98. The number of rotatable bonds is 5. The lowest BCUT2D eigenvalue weighted by Crippen LogP contribution is -2.28. The van der Waals surface area contributed by atoms with Crippen LogP contribution in [0.1, 0.15) is 39.4 Å². The van der Waals surface area contributed by atoms with Crippen LogP contribution in [0.5, 0.6) is 0 Å². The Balaban J connectivity index is 1.71. The summed E-state index contributed by atoms with van der Waals surface area (Å²) in [4.78, 5) is 31.8. The van der Waals surface area contributed by atoms with Gasteiger partial charge in [-0.25, -0.2) is 4.98 Å². The van der Waals surface area contributed by atoms with Crippen LogP contribution in [0, 0.1) is 0 Å². The van der Waals surface area contributed by atoms with Gasteiger partial charge in [0.1, 0.15) is 11.3 Å². The highest BCUT2D eigenvalue weighted by Gasteiger charge is 2.26. The summed E-state index contributed by atoms with van der Waals surface area (Å²) in [6.07, 6.45) is 5.52. The number of carbonyl (C=O) groups excluding carboxylic acids is 2. The fourth-order valence-electron chi connectivity index (χ4n) is 2.76. The second kappa shape index (κ2) is 6.04. The molecule has 3 heterocycles. The van der Waals surface area contributed by atoms with E-state index in [2.05, 4.69) is 25.7 Å². The Morgan fingerprint density at radius 1 is 1.32 bits per heavy atom. The van der Waals surface area contributed by atoms with E-state index in [-0.39, 0.29) is 23.6 Å². The van der Waals surface area contributed by atoms with Gasteiger partial charge in [-0.1, -0.05) is 0 Å². The average Bonchev–Trinajstić information content (AvgIpc) is 3.12. The minimum absolute atomic E-state index is 0.204. The topological polar surface area (TPSA) is 105 Å². The van der Waals surface area contributed by atoms with Gasteiger partial charge < -0.3 is 15.6 Å². The quantitative estimate of drug-likeness (QED) is 0.647. The molecule has 3 N–H and O–H groups in total. The maximum atomic E-state index is 12.5. The van der Waals surface area contributed by atoms with Crippen molar-refractivity contribution < 1.29 is 9.59 Å². The molecule has 0 aliphatic heterocycles. The van der Waals surface area contributed by atoms with Gasteiger partial charge in [-0.3, -0.25) is 14.3 Å². The molecule has 25 heavy (non-hydrogen) atoms. The monoisotopic (exact) mass is 338 g/mol. The molecule has 3 aromatic heterocycles. The number of pyridine rings is 1. The molecular formula is C17H18N6O2. The first-order valence-electron chi connectivity index (χ1n) is 8.17. The van der Waals surface area contributed by atoms with Crippen LogP contribution in [0.2, 0.25) is 0 Å². The first kappa shape index (κ1) is 15.4. The lowest BCUT2D eigenvalue weighted by atomic mass is 10.2. The molecule has 1 aliphatic carbocycles. The largest absolute Gasteiger partial charge is 0.354 e. The maximum Gasteiger partial charge on any atom is 0.271 e. The highest BCUT2D eigenvalue weighted by Crippen LogP contribution is 2.21. The average molecular weight is 338 g/mol. The number of aromatic nitrogens is 4. The third-order valence-electron chi connectivity index (χ3n) is 4.26. The molecule has 3 aromatic rings. The van der Waals surface area contributed by atoms with Crippen molar-refractivity contribution in [3.63, 3.8) is 0 Å². The molecule has 0 bridgehead atoms. The van der Waals surface area contributed by atoms with E-state index in [0.717, 1.165) is 29.4 Å². The SMILES string of the molecule is CNC(=O)c1cc(C(=O)NC2CC2)n(Cc2ccnc3[nH]ccc23)n1. The van der Waals surface area contributed by atoms with Crippen LogP contribution in [0.4, 0.5) is 0 Å². The lowest BCUT2D eigenvalue weighted by molar-refractivity contribution is 0.0937. The number of nitrogens with zero attached hydrogens (tertiary/aromatic N) is 3. The smallest absolute Gasteiger partial charge is 0.271 e.